The van der Waals surface area contributed by atoms with Gasteiger partial charge in [-0.2, -0.15) is 0 Å². The molecule has 16 heavy (non-hydrogen) atoms. The summed E-state index contributed by atoms with van der Waals surface area (Å²) in [6.07, 6.45) is 4.11. The summed E-state index contributed by atoms with van der Waals surface area (Å²) in [5.41, 5.74) is 3.35. The van der Waals surface area contributed by atoms with E-state index in [0.29, 0.717) is 11.8 Å². The van der Waals surface area contributed by atoms with Crippen molar-refractivity contribution in [3.05, 3.63) is 23.3 Å². The maximum Gasteiger partial charge on any atom is 0.0641 e. The molecule has 1 aliphatic heterocycles. The zero-order valence-corrected chi connectivity index (χ0v) is 10.4. The zero-order valence-electron chi connectivity index (χ0n) is 10.4. The first-order chi connectivity index (χ1) is 7.68. The first-order valence-corrected chi connectivity index (χ1v) is 6.09. The SMILES string of the molecule is Cc1nc(C2CCOCC2)cnc1C(C)C. The monoisotopic (exact) mass is 220 g/mol. The van der Waals surface area contributed by atoms with Crippen LogP contribution in [0.25, 0.3) is 0 Å². The molecule has 2 rings (SSSR count). The van der Waals surface area contributed by atoms with E-state index in [9.17, 15) is 0 Å². The molecule has 1 aromatic rings. The van der Waals surface area contributed by atoms with Gasteiger partial charge in [-0.25, -0.2) is 0 Å². The summed E-state index contributed by atoms with van der Waals surface area (Å²) in [6, 6.07) is 0. The molecule has 1 aliphatic rings. The van der Waals surface area contributed by atoms with Crippen molar-refractivity contribution in [2.45, 2.75) is 45.4 Å². The highest BCUT2D eigenvalue weighted by Gasteiger charge is 2.18. The fourth-order valence-corrected chi connectivity index (χ4v) is 2.27. The molecule has 0 bridgehead atoms. The number of aryl methyl sites for hydroxylation is 1. The summed E-state index contributed by atoms with van der Waals surface area (Å²) in [5, 5.41) is 0. The van der Waals surface area contributed by atoms with Crippen molar-refractivity contribution in [1.29, 1.82) is 0 Å². The Kier molecular flexibility index (Phi) is 3.54. The first kappa shape index (κ1) is 11.5. The van der Waals surface area contributed by atoms with Crippen LogP contribution in [0.4, 0.5) is 0 Å². The fourth-order valence-electron chi connectivity index (χ4n) is 2.27. The lowest BCUT2D eigenvalue weighted by Crippen LogP contribution is -2.16. The summed E-state index contributed by atoms with van der Waals surface area (Å²) in [6.45, 7) is 8.09. The van der Waals surface area contributed by atoms with E-state index in [0.717, 1.165) is 43.1 Å². The number of hydrogen-bond donors (Lipinski definition) is 0. The van der Waals surface area contributed by atoms with Gasteiger partial charge in [0.25, 0.3) is 0 Å². The highest BCUT2D eigenvalue weighted by molar-refractivity contribution is 5.17. The molecule has 0 unspecified atom stereocenters. The largest absolute Gasteiger partial charge is 0.381 e. The van der Waals surface area contributed by atoms with Crippen LogP contribution in [0.15, 0.2) is 6.20 Å². The lowest BCUT2D eigenvalue weighted by molar-refractivity contribution is 0.0844. The molecule has 0 atom stereocenters. The van der Waals surface area contributed by atoms with Crippen LogP contribution in [0.2, 0.25) is 0 Å². The quantitative estimate of drug-likeness (QED) is 0.768. The molecule has 0 spiro atoms. The van der Waals surface area contributed by atoms with Crippen molar-refractivity contribution < 1.29 is 4.74 Å². The van der Waals surface area contributed by atoms with Gasteiger partial charge in [0, 0.05) is 25.3 Å². The molecule has 0 radical (unpaired) electrons. The van der Waals surface area contributed by atoms with Crippen molar-refractivity contribution in [2.24, 2.45) is 0 Å². The van der Waals surface area contributed by atoms with Gasteiger partial charge in [0.15, 0.2) is 0 Å². The summed E-state index contributed by atoms with van der Waals surface area (Å²) >= 11 is 0. The van der Waals surface area contributed by atoms with Crippen LogP contribution in [0, 0.1) is 6.92 Å². The Labute approximate surface area is 97.3 Å². The highest BCUT2D eigenvalue weighted by Crippen LogP contribution is 2.26. The van der Waals surface area contributed by atoms with E-state index in [1.54, 1.807) is 0 Å². The van der Waals surface area contributed by atoms with Gasteiger partial charge in [-0.05, 0) is 25.7 Å². The van der Waals surface area contributed by atoms with Crippen molar-refractivity contribution >= 4 is 0 Å². The molecule has 0 aromatic carbocycles. The Morgan fingerprint density at radius 2 is 2.00 bits per heavy atom. The average molecular weight is 220 g/mol. The Hall–Kier alpha value is -0.960. The van der Waals surface area contributed by atoms with Crippen LogP contribution < -0.4 is 0 Å². The molecule has 3 nitrogen and oxygen atoms in total. The van der Waals surface area contributed by atoms with Crippen LogP contribution in [-0.4, -0.2) is 23.2 Å². The van der Waals surface area contributed by atoms with Gasteiger partial charge in [0.2, 0.25) is 0 Å². The van der Waals surface area contributed by atoms with Crippen LogP contribution >= 0.6 is 0 Å². The predicted octanol–water partition coefficient (Wildman–Crippen LogP) is 2.80. The number of ether oxygens (including phenoxy) is 1. The molecule has 0 amide bonds. The maximum absolute atomic E-state index is 5.37. The van der Waals surface area contributed by atoms with Gasteiger partial charge < -0.3 is 4.74 Å². The third-order valence-electron chi connectivity index (χ3n) is 3.19. The molecule has 88 valence electrons. The lowest BCUT2D eigenvalue weighted by atomic mass is 9.96. The Morgan fingerprint density at radius 1 is 1.31 bits per heavy atom. The predicted molar refractivity (Wildman–Crippen MR) is 63.7 cm³/mol. The smallest absolute Gasteiger partial charge is 0.0641 e. The van der Waals surface area contributed by atoms with E-state index in [-0.39, 0.29) is 0 Å². The minimum Gasteiger partial charge on any atom is -0.381 e. The van der Waals surface area contributed by atoms with E-state index in [2.05, 4.69) is 25.8 Å². The third kappa shape index (κ3) is 2.40. The topological polar surface area (TPSA) is 35.0 Å². The van der Waals surface area contributed by atoms with Crippen molar-refractivity contribution in [1.82, 2.24) is 9.97 Å². The molecule has 0 N–H and O–H groups in total. The van der Waals surface area contributed by atoms with E-state index < -0.39 is 0 Å². The fraction of sp³-hybridized carbons (Fsp3) is 0.692. The first-order valence-electron chi connectivity index (χ1n) is 6.09. The molecule has 3 heteroatoms. The molecule has 1 saturated heterocycles. The van der Waals surface area contributed by atoms with E-state index in [1.807, 2.05) is 6.20 Å². The molecular weight excluding hydrogens is 200 g/mol. The number of hydrogen-bond acceptors (Lipinski definition) is 3. The highest BCUT2D eigenvalue weighted by atomic mass is 16.5. The van der Waals surface area contributed by atoms with Crippen LogP contribution in [0.3, 0.4) is 0 Å². The molecular formula is C13H20N2O. The van der Waals surface area contributed by atoms with Crippen LogP contribution in [-0.2, 0) is 4.74 Å². The second kappa shape index (κ2) is 4.91. The number of rotatable bonds is 2. The third-order valence-corrected chi connectivity index (χ3v) is 3.19. The normalized spacial score (nSPS) is 18.0. The zero-order chi connectivity index (χ0) is 11.5. The van der Waals surface area contributed by atoms with Crippen LogP contribution in [0.5, 0.6) is 0 Å². The van der Waals surface area contributed by atoms with Crippen molar-refractivity contribution in [3.63, 3.8) is 0 Å². The van der Waals surface area contributed by atoms with E-state index >= 15 is 0 Å². The van der Waals surface area contributed by atoms with Gasteiger partial charge in [0.05, 0.1) is 17.1 Å². The minimum atomic E-state index is 0.455. The van der Waals surface area contributed by atoms with Crippen LogP contribution in [0.1, 0.15) is 55.6 Å². The molecule has 1 aromatic heterocycles. The lowest BCUT2D eigenvalue weighted by Gasteiger charge is -2.22. The second-order valence-corrected chi connectivity index (χ2v) is 4.81. The summed E-state index contributed by atoms with van der Waals surface area (Å²) in [5.74, 6) is 0.998. The molecule has 0 aliphatic carbocycles. The number of nitrogens with zero attached hydrogens (tertiary/aromatic N) is 2. The van der Waals surface area contributed by atoms with Gasteiger partial charge in [-0.1, -0.05) is 13.8 Å². The summed E-state index contributed by atoms with van der Waals surface area (Å²) in [4.78, 5) is 9.25. The Morgan fingerprint density at radius 3 is 2.56 bits per heavy atom. The van der Waals surface area contributed by atoms with E-state index in [4.69, 9.17) is 9.72 Å². The van der Waals surface area contributed by atoms with Gasteiger partial charge in [0.1, 0.15) is 0 Å². The van der Waals surface area contributed by atoms with Crippen molar-refractivity contribution in [2.75, 3.05) is 13.2 Å². The van der Waals surface area contributed by atoms with Gasteiger partial charge >= 0.3 is 0 Å². The molecule has 2 heterocycles. The van der Waals surface area contributed by atoms with Crippen molar-refractivity contribution in [3.8, 4) is 0 Å². The van der Waals surface area contributed by atoms with Gasteiger partial charge in [-0.3, -0.25) is 9.97 Å². The number of aromatic nitrogens is 2. The second-order valence-electron chi connectivity index (χ2n) is 4.81. The summed E-state index contributed by atoms with van der Waals surface area (Å²) in [7, 11) is 0. The standard InChI is InChI=1S/C13H20N2O/c1-9(2)13-10(3)15-12(8-14-13)11-4-6-16-7-5-11/h8-9,11H,4-7H2,1-3H3. The van der Waals surface area contributed by atoms with Gasteiger partial charge in [-0.15, -0.1) is 0 Å². The molecule has 0 saturated carbocycles. The minimum absolute atomic E-state index is 0.455. The average Bonchev–Trinajstić information content (AvgIpc) is 2.29. The molecule has 1 fully saturated rings. The Bertz CT molecular complexity index is 357. The maximum atomic E-state index is 5.37. The van der Waals surface area contributed by atoms with E-state index in [1.165, 1.54) is 0 Å². The summed E-state index contributed by atoms with van der Waals surface area (Å²) < 4.78 is 5.37. The Balaban J connectivity index is 2.19.